The summed E-state index contributed by atoms with van der Waals surface area (Å²) in [6.45, 7) is 0.916. The average molecular weight is 225 g/mol. The number of hydrogen-bond acceptors (Lipinski definition) is 4. The molecule has 2 unspecified atom stereocenters. The van der Waals surface area contributed by atoms with Crippen LogP contribution in [0.4, 0.5) is 0 Å². The summed E-state index contributed by atoms with van der Waals surface area (Å²) in [5, 5.41) is 14.3. The third-order valence-electron chi connectivity index (χ3n) is 3.16. The van der Waals surface area contributed by atoms with E-state index < -0.39 is 6.10 Å². The summed E-state index contributed by atoms with van der Waals surface area (Å²) in [7, 11) is 0. The van der Waals surface area contributed by atoms with Crippen LogP contribution in [0.25, 0.3) is 0 Å². The van der Waals surface area contributed by atoms with Crippen LogP contribution in [0.5, 0.6) is 0 Å². The van der Waals surface area contributed by atoms with Crippen molar-refractivity contribution in [2.75, 3.05) is 11.5 Å². The minimum atomic E-state index is -0.394. The van der Waals surface area contributed by atoms with Crippen LogP contribution in [0.2, 0.25) is 0 Å². The molecule has 1 N–H and O–H groups in total. The van der Waals surface area contributed by atoms with Crippen LogP contribution in [0, 0.1) is 0 Å². The number of rotatable bonds is 1. The highest BCUT2D eigenvalue weighted by atomic mass is 32.2. The number of nitrogens with zero attached hydrogens (tertiary/aromatic N) is 3. The first-order chi connectivity index (χ1) is 7.34. The van der Waals surface area contributed by atoms with Gasteiger partial charge in [-0.15, -0.1) is 0 Å². The van der Waals surface area contributed by atoms with Crippen molar-refractivity contribution in [1.29, 1.82) is 0 Å². The average Bonchev–Trinajstić information content (AvgIpc) is 2.86. The molecule has 0 saturated carbocycles. The molecule has 1 aromatic rings. The second-order valence-electron chi connectivity index (χ2n) is 4.27. The smallest absolute Gasteiger partial charge is 0.156 e. The van der Waals surface area contributed by atoms with Crippen molar-refractivity contribution >= 4 is 11.8 Å². The first-order valence-electron chi connectivity index (χ1n) is 5.55. The molecule has 0 aromatic carbocycles. The van der Waals surface area contributed by atoms with Gasteiger partial charge < -0.3 is 5.11 Å². The first kappa shape index (κ1) is 9.66. The fourth-order valence-electron chi connectivity index (χ4n) is 2.26. The summed E-state index contributed by atoms with van der Waals surface area (Å²) in [5.41, 5.74) is 0. The Kier molecular flexibility index (Phi) is 2.44. The monoisotopic (exact) mass is 225 g/mol. The van der Waals surface area contributed by atoms with Gasteiger partial charge in [0.1, 0.15) is 6.10 Å². The Bertz CT molecular complexity index is 360. The van der Waals surface area contributed by atoms with Gasteiger partial charge in [0, 0.05) is 18.2 Å². The Hall–Kier alpha value is -0.550. The van der Waals surface area contributed by atoms with Gasteiger partial charge in [0.15, 0.2) is 11.6 Å². The van der Waals surface area contributed by atoms with E-state index in [0.29, 0.717) is 5.92 Å². The molecule has 0 aliphatic carbocycles. The van der Waals surface area contributed by atoms with Gasteiger partial charge in [-0.2, -0.15) is 16.9 Å². The van der Waals surface area contributed by atoms with Gasteiger partial charge in [-0.3, -0.25) is 0 Å². The first-order valence-corrected chi connectivity index (χ1v) is 6.70. The zero-order valence-corrected chi connectivity index (χ0v) is 9.41. The van der Waals surface area contributed by atoms with Crippen molar-refractivity contribution in [2.24, 2.45) is 0 Å². The number of aryl methyl sites for hydroxylation is 1. The summed E-state index contributed by atoms with van der Waals surface area (Å²) < 4.78 is 1.90. The molecule has 0 spiro atoms. The van der Waals surface area contributed by atoms with Crippen molar-refractivity contribution in [3.05, 3.63) is 11.6 Å². The van der Waals surface area contributed by atoms with Crippen LogP contribution in [-0.2, 0) is 6.54 Å². The molecule has 15 heavy (non-hydrogen) atoms. The number of aliphatic hydroxyl groups is 1. The Morgan fingerprint density at radius 1 is 1.40 bits per heavy atom. The van der Waals surface area contributed by atoms with E-state index in [0.717, 1.165) is 36.8 Å². The lowest BCUT2D eigenvalue weighted by molar-refractivity contribution is 0.130. The molecule has 0 radical (unpaired) electrons. The molecule has 2 aliphatic rings. The number of fused-ring (bicyclic) bond motifs is 1. The lowest BCUT2D eigenvalue weighted by Crippen LogP contribution is -2.16. The Morgan fingerprint density at radius 3 is 3.07 bits per heavy atom. The van der Waals surface area contributed by atoms with E-state index in [9.17, 15) is 5.11 Å². The molecule has 82 valence electrons. The second-order valence-corrected chi connectivity index (χ2v) is 5.42. The molecular weight excluding hydrogens is 210 g/mol. The second kappa shape index (κ2) is 3.79. The summed E-state index contributed by atoms with van der Waals surface area (Å²) in [5.74, 6) is 4.61. The number of hydrogen-bond donors (Lipinski definition) is 1. The van der Waals surface area contributed by atoms with Crippen LogP contribution in [0.3, 0.4) is 0 Å². The van der Waals surface area contributed by atoms with Gasteiger partial charge in [-0.05, 0) is 25.0 Å². The van der Waals surface area contributed by atoms with E-state index in [4.69, 9.17) is 0 Å². The number of aliphatic hydroxyl groups excluding tert-OH is 1. The lowest BCUT2D eigenvalue weighted by Gasteiger charge is -2.16. The Labute approximate surface area is 93.1 Å². The molecule has 2 aliphatic heterocycles. The Balaban J connectivity index is 1.90. The van der Waals surface area contributed by atoms with E-state index in [1.807, 2.05) is 16.4 Å². The zero-order chi connectivity index (χ0) is 10.3. The van der Waals surface area contributed by atoms with Gasteiger partial charge in [0.25, 0.3) is 0 Å². The molecular formula is C10H15N3OS. The van der Waals surface area contributed by atoms with Crippen molar-refractivity contribution in [2.45, 2.75) is 37.8 Å². The molecule has 2 atom stereocenters. The van der Waals surface area contributed by atoms with Gasteiger partial charge in [-0.25, -0.2) is 9.67 Å². The highest BCUT2D eigenvalue weighted by Gasteiger charge is 2.27. The summed E-state index contributed by atoms with van der Waals surface area (Å²) in [6.07, 6.45) is 2.63. The van der Waals surface area contributed by atoms with Crippen LogP contribution in [-0.4, -0.2) is 31.4 Å². The molecule has 1 fully saturated rings. The fourth-order valence-corrected chi connectivity index (χ4v) is 3.48. The van der Waals surface area contributed by atoms with E-state index in [2.05, 4.69) is 10.1 Å². The maximum Gasteiger partial charge on any atom is 0.156 e. The molecule has 3 rings (SSSR count). The van der Waals surface area contributed by atoms with Crippen LogP contribution in [0.15, 0.2) is 0 Å². The third kappa shape index (κ3) is 1.67. The van der Waals surface area contributed by atoms with Gasteiger partial charge in [-0.1, -0.05) is 0 Å². The Morgan fingerprint density at radius 2 is 2.33 bits per heavy atom. The molecule has 0 bridgehead atoms. The minimum absolute atomic E-state index is 0.394. The molecule has 3 heterocycles. The lowest BCUT2D eigenvalue weighted by atomic mass is 10.1. The number of thioether (sulfide) groups is 1. The zero-order valence-electron chi connectivity index (χ0n) is 8.59. The highest BCUT2D eigenvalue weighted by molar-refractivity contribution is 7.99. The van der Waals surface area contributed by atoms with E-state index in [-0.39, 0.29) is 0 Å². The molecule has 4 nitrogen and oxygen atoms in total. The fraction of sp³-hybridized carbons (Fsp3) is 0.800. The molecule has 1 saturated heterocycles. The quantitative estimate of drug-likeness (QED) is 0.783. The SMILES string of the molecule is OC1CCCn2nc(C3CCSC3)nc21. The summed E-state index contributed by atoms with van der Waals surface area (Å²) in [4.78, 5) is 4.50. The van der Waals surface area contributed by atoms with Crippen LogP contribution in [0.1, 0.15) is 42.9 Å². The van der Waals surface area contributed by atoms with Crippen molar-refractivity contribution in [1.82, 2.24) is 14.8 Å². The molecule has 5 heteroatoms. The van der Waals surface area contributed by atoms with E-state index in [1.54, 1.807) is 0 Å². The maximum absolute atomic E-state index is 9.79. The van der Waals surface area contributed by atoms with Gasteiger partial charge in [0.2, 0.25) is 0 Å². The standard InChI is InChI=1S/C10H15N3OS/c14-8-2-1-4-13-10(8)11-9(12-13)7-3-5-15-6-7/h7-8,14H,1-6H2. The highest BCUT2D eigenvalue weighted by Crippen LogP contribution is 2.32. The van der Waals surface area contributed by atoms with E-state index >= 15 is 0 Å². The molecule has 1 aromatic heterocycles. The predicted octanol–water partition coefficient (Wildman–Crippen LogP) is 1.33. The van der Waals surface area contributed by atoms with Gasteiger partial charge >= 0.3 is 0 Å². The summed E-state index contributed by atoms with van der Waals surface area (Å²) in [6, 6.07) is 0. The van der Waals surface area contributed by atoms with Crippen molar-refractivity contribution in [3.63, 3.8) is 0 Å². The van der Waals surface area contributed by atoms with Crippen molar-refractivity contribution < 1.29 is 5.11 Å². The van der Waals surface area contributed by atoms with Crippen molar-refractivity contribution in [3.8, 4) is 0 Å². The largest absolute Gasteiger partial charge is 0.385 e. The van der Waals surface area contributed by atoms with Gasteiger partial charge in [0.05, 0.1) is 0 Å². The van der Waals surface area contributed by atoms with Crippen LogP contribution < -0.4 is 0 Å². The van der Waals surface area contributed by atoms with Crippen LogP contribution >= 0.6 is 11.8 Å². The summed E-state index contributed by atoms with van der Waals surface area (Å²) >= 11 is 1.97. The topological polar surface area (TPSA) is 50.9 Å². The predicted molar refractivity (Wildman–Crippen MR) is 58.9 cm³/mol. The third-order valence-corrected chi connectivity index (χ3v) is 4.32. The minimum Gasteiger partial charge on any atom is -0.385 e. The van der Waals surface area contributed by atoms with E-state index in [1.165, 1.54) is 12.2 Å². The normalized spacial score (nSPS) is 30.5. The molecule has 0 amide bonds. The maximum atomic E-state index is 9.79. The number of aromatic nitrogens is 3.